The van der Waals surface area contributed by atoms with Gasteiger partial charge in [0.1, 0.15) is 0 Å². The summed E-state index contributed by atoms with van der Waals surface area (Å²) in [4.78, 5) is 13.4. The number of hydrogen-bond acceptors (Lipinski definition) is 4. The number of esters is 1. The van der Waals surface area contributed by atoms with E-state index in [1.54, 1.807) is 11.3 Å². The van der Waals surface area contributed by atoms with Crippen molar-refractivity contribution < 1.29 is 9.53 Å². The van der Waals surface area contributed by atoms with Gasteiger partial charge in [0.05, 0.1) is 13.5 Å². The monoisotopic (exact) mass is 323 g/mol. The van der Waals surface area contributed by atoms with E-state index < -0.39 is 0 Å². The standard InChI is InChI=1S/C16H18ClNO2S/c1-11(14-5-3-4-6-15(14)17)18-10-13-8-7-12(21-13)9-16(19)20-2/h3-8,11,18H,9-10H2,1-2H3/t11-/m1/s1. The summed E-state index contributed by atoms with van der Waals surface area (Å²) in [5, 5.41) is 4.22. The molecule has 1 atom stereocenters. The summed E-state index contributed by atoms with van der Waals surface area (Å²) < 4.78 is 4.67. The number of ether oxygens (including phenoxy) is 1. The van der Waals surface area contributed by atoms with Gasteiger partial charge in [-0.25, -0.2) is 0 Å². The van der Waals surface area contributed by atoms with Crippen molar-refractivity contribution in [1.82, 2.24) is 5.32 Å². The SMILES string of the molecule is COC(=O)Cc1ccc(CN[C@H](C)c2ccccc2Cl)s1. The minimum atomic E-state index is -0.208. The molecule has 5 heteroatoms. The van der Waals surface area contributed by atoms with Crippen molar-refractivity contribution in [1.29, 1.82) is 0 Å². The highest BCUT2D eigenvalue weighted by Crippen LogP contribution is 2.23. The van der Waals surface area contributed by atoms with Crippen molar-refractivity contribution in [2.45, 2.75) is 25.9 Å². The number of halogens is 1. The smallest absolute Gasteiger partial charge is 0.310 e. The number of methoxy groups -OCH3 is 1. The van der Waals surface area contributed by atoms with Crippen LogP contribution in [0, 0.1) is 0 Å². The van der Waals surface area contributed by atoms with Gasteiger partial charge in [0.15, 0.2) is 0 Å². The molecular weight excluding hydrogens is 306 g/mol. The number of carbonyl (C=O) groups is 1. The lowest BCUT2D eigenvalue weighted by Gasteiger charge is -2.14. The van der Waals surface area contributed by atoms with Crippen LogP contribution in [0.3, 0.4) is 0 Å². The van der Waals surface area contributed by atoms with Crippen LogP contribution >= 0.6 is 22.9 Å². The number of rotatable bonds is 6. The summed E-state index contributed by atoms with van der Waals surface area (Å²) >= 11 is 7.81. The van der Waals surface area contributed by atoms with Crippen molar-refractivity contribution >= 4 is 28.9 Å². The average molecular weight is 324 g/mol. The van der Waals surface area contributed by atoms with E-state index in [-0.39, 0.29) is 12.0 Å². The number of benzene rings is 1. The van der Waals surface area contributed by atoms with Crippen molar-refractivity contribution in [3.05, 3.63) is 56.7 Å². The lowest BCUT2D eigenvalue weighted by atomic mass is 10.1. The molecule has 1 N–H and O–H groups in total. The van der Waals surface area contributed by atoms with Crippen LogP contribution in [0.15, 0.2) is 36.4 Å². The van der Waals surface area contributed by atoms with Crippen molar-refractivity contribution in [3.8, 4) is 0 Å². The number of hydrogen-bond donors (Lipinski definition) is 1. The predicted molar refractivity (Wildman–Crippen MR) is 86.7 cm³/mol. The molecule has 0 aliphatic rings. The summed E-state index contributed by atoms with van der Waals surface area (Å²) in [7, 11) is 1.41. The molecule has 1 aromatic carbocycles. The van der Waals surface area contributed by atoms with Crippen molar-refractivity contribution in [2.24, 2.45) is 0 Å². The maximum Gasteiger partial charge on any atom is 0.310 e. The van der Waals surface area contributed by atoms with Crippen molar-refractivity contribution in [2.75, 3.05) is 7.11 Å². The molecule has 0 bridgehead atoms. The molecule has 21 heavy (non-hydrogen) atoms. The Bertz CT molecular complexity index is 612. The van der Waals surface area contributed by atoms with Gasteiger partial charge >= 0.3 is 5.97 Å². The molecule has 0 spiro atoms. The molecule has 2 rings (SSSR count). The minimum absolute atomic E-state index is 0.171. The second kappa shape index (κ2) is 7.59. The molecule has 0 aliphatic heterocycles. The van der Waals surface area contributed by atoms with Crippen LogP contribution in [-0.2, 0) is 22.5 Å². The first-order valence-corrected chi connectivity index (χ1v) is 7.92. The molecule has 1 heterocycles. The third-order valence-electron chi connectivity index (χ3n) is 3.22. The number of thiophene rings is 1. The molecule has 0 aliphatic carbocycles. The van der Waals surface area contributed by atoms with E-state index in [9.17, 15) is 4.79 Å². The van der Waals surface area contributed by atoms with Crippen LogP contribution < -0.4 is 5.32 Å². The largest absolute Gasteiger partial charge is 0.469 e. The van der Waals surface area contributed by atoms with E-state index >= 15 is 0 Å². The van der Waals surface area contributed by atoms with Gasteiger partial charge in [-0.2, -0.15) is 0 Å². The first-order valence-electron chi connectivity index (χ1n) is 6.72. The van der Waals surface area contributed by atoms with Gasteiger partial charge in [-0.3, -0.25) is 4.79 Å². The maximum atomic E-state index is 11.2. The van der Waals surface area contributed by atoms with Crippen LogP contribution in [-0.4, -0.2) is 13.1 Å². The van der Waals surface area contributed by atoms with E-state index in [2.05, 4.69) is 17.0 Å². The zero-order valence-electron chi connectivity index (χ0n) is 12.1. The number of carbonyl (C=O) groups excluding carboxylic acids is 1. The zero-order chi connectivity index (χ0) is 15.2. The third kappa shape index (κ3) is 4.56. The highest BCUT2D eigenvalue weighted by Gasteiger charge is 2.10. The van der Waals surface area contributed by atoms with E-state index in [0.717, 1.165) is 22.0 Å². The molecule has 0 amide bonds. The highest BCUT2D eigenvalue weighted by atomic mass is 35.5. The second-order valence-electron chi connectivity index (χ2n) is 4.75. The fourth-order valence-corrected chi connectivity index (χ4v) is 3.27. The van der Waals surface area contributed by atoms with E-state index in [4.69, 9.17) is 11.6 Å². The molecule has 0 radical (unpaired) electrons. The molecule has 0 saturated carbocycles. The summed E-state index contributed by atoms with van der Waals surface area (Å²) in [6.07, 6.45) is 0.335. The van der Waals surface area contributed by atoms with Gasteiger partial charge in [-0.1, -0.05) is 29.8 Å². The lowest BCUT2D eigenvalue weighted by Crippen LogP contribution is -2.17. The van der Waals surface area contributed by atoms with Gasteiger partial charge in [0, 0.05) is 27.4 Å². The highest BCUT2D eigenvalue weighted by molar-refractivity contribution is 7.12. The second-order valence-corrected chi connectivity index (χ2v) is 6.41. The molecule has 3 nitrogen and oxygen atoms in total. The van der Waals surface area contributed by atoms with Crippen molar-refractivity contribution in [3.63, 3.8) is 0 Å². The van der Waals surface area contributed by atoms with Gasteiger partial charge in [-0.05, 0) is 30.7 Å². The summed E-state index contributed by atoms with van der Waals surface area (Å²) in [6, 6.07) is 12.0. The summed E-state index contributed by atoms with van der Waals surface area (Å²) in [6.45, 7) is 2.84. The van der Waals surface area contributed by atoms with Gasteiger partial charge < -0.3 is 10.1 Å². The molecule has 1 aromatic heterocycles. The maximum absolute atomic E-state index is 11.2. The van der Waals surface area contributed by atoms with Gasteiger partial charge in [0.2, 0.25) is 0 Å². The molecule has 0 fully saturated rings. The quantitative estimate of drug-likeness (QED) is 0.817. The molecule has 2 aromatic rings. The Labute approximate surface area is 133 Å². The summed E-state index contributed by atoms with van der Waals surface area (Å²) in [5.41, 5.74) is 1.09. The molecular formula is C16H18ClNO2S. The Balaban J connectivity index is 1.91. The lowest BCUT2D eigenvalue weighted by molar-refractivity contribution is -0.139. The van der Waals surface area contributed by atoms with Gasteiger partial charge in [0.25, 0.3) is 0 Å². The Hall–Kier alpha value is -1.36. The Morgan fingerprint density at radius 2 is 2.00 bits per heavy atom. The zero-order valence-corrected chi connectivity index (χ0v) is 13.6. The summed E-state index contributed by atoms with van der Waals surface area (Å²) in [5.74, 6) is -0.208. The van der Waals surface area contributed by atoms with Crippen LogP contribution in [0.1, 0.15) is 28.3 Å². The third-order valence-corrected chi connectivity index (χ3v) is 4.65. The Morgan fingerprint density at radius 1 is 1.29 bits per heavy atom. The first-order chi connectivity index (χ1) is 10.1. The normalized spacial score (nSPS) is 12.1. The first kappa shape index (κ1) is 16.0. The van der Waals surface area contributed by atoms with Crippen LogP contribution in [0.2, 0.25) is 5.02 Å². The Morgan fingerprint density at radius 3 is 2.71 bits per heavy atom. The average Bonchev–Trinajstić information content (AvgIpc) is 2.92. The minimum Gasteiger partial charge on any atom is -0.469 e. The molecule has 0 saturated heterocycles. The van der Waals surface area contributed by atoms with Crippen LogP contribution in [0.5, 0.6) is 0 Å². The fraction of sp³-hybridized carbons (Fsp3) is 0.312. The van der Waals surface area contributed by atoms with Crippen LogP contribution in [0.25, 0.3) is 0 Å². The van der Waals surface area contributed by atoms with Gasteiger partial charge in [-0.15, -0.1) is 11.3 Å². The van der Waals surface area contributed by atoms with Crippen LogP contribution in [0.4, 0.5) is 0 Å². The topological polar surface area (TPSA) is 38.3 Å². The predicted octanol–water partition coefficient (Wildman–Crippen LogP) is 3.97. The van der Waals surface area contributed by atoms with E-state index in [1.165, 1.54) is 12.0 Å². The van der Waals surface area contributed by atoms with E-state index in [0.29, 0.717) is 6.42 Å². The van der Waals surface area contributed by atoms with E-state index in [1.807, 2.05) is 36.4 Å². The number of nitrogens with one attached hydrogen (secondary N) is 1. The molecule has 112 valence electrons. The molecule has 0 unspecified atom stereocenters. The Kier molecular flexibility index (Phi) is 5.79. The fourth-order valence-electron chi connectivity index (χ4n) is 2.02.